The molecule has 1 saturated heterocycles. The van der Waals surface area contributed by atoms with Gasteiger partial charge in [0.05, 0.1) is 12.0 Å². The monoisotopic (exact) mass is 384 g/mol. The molecule has 0 spiro atoms. The van der Waals surface area contributed by atoms with Gasteiger partial charge in [-0.2, -0.15) is 0 Å². The molecule has 0 saturated carbocycles. The van der Waals surface area contributed by atoms with Gasteiger partial charge in [-0.1, -0.05) is 12.1 Å². The number of benzene rings is 1. The third-order valence-corrected chi connectivity index (χ3v) is 6.75. The lowest BCUT2D eigenvalue weighted by Gasteiger charge is -2.45. The van der Waals surface area contributed by atoms with E-state index in [0.717, 1.165) is 12.8 Å². The van der Waals surface area contributed by atoms with Crippen LogP contribution in [-0.4, -0.2) is 52.4 Å². The number of piperidine rings is 1. The van der Waals surface area contributed by atoms with Crippen LogP contribution in [0, 0.1) is 5.92 Å². The first-order valence-corrected chi connectivity index (χ1v) is 10.5. The summed E-state index contributed by atoms with van der Waals surface area (Å²) < 4.78 is 7.91. The normalized spacial score (nSPS) is 26.9. The number of likely N-dealkylation sites (tertiary alicyclic amines) is 1. The molecule has 5 nitrogen and oxygen atoms in total. The molecule has 5 atom stereocenters. The Kier molecular flexibility index (Phi) is 5.00. The van der Waals surface area contributed by atoms with Crippen molar-refractivity contribution in [3.63, 3.8) is 0 Å². The maximum Gasteiger partial charge on any atom is 0.310 e. The molecule has 4 rings (SSSR count). The van der Waals surface area contributed by atoms with E-state index in [1.807, 2.05) is 0 Å². The summed E-state index contributed by atoms with van der Waals surface area (Å²) in [5.74, 6) is -0.00904. The van der Waals surface area contributed by atoms with Crippen molar-refractivity contribution in [2.45, 2.75) is 70.7 Å². The standard InChI is InChI=1S/C23H32N2O3/c1-13(2)25-12-16-10-21-19(18-7-6-8-20(25)22(16)18)9-17(11-24(21)5)23(27)28-15(4)14(3)26/h6-8,12-15,17,19,21,26H,9-11H2,1-5H3/t14?,15?,17?,19?,21-/m1/s1. The Morgan fingerprint density at radius 3 is 2.68 bits per heavy atom. The number of carbonyl (C=O) groups is 1. The molecule has 1 N–H and O–H groups in total. The number of nitrogens with zero attached hydrogens (tertiary/aromatic N) is 2. The van der Waals surface area contributed by atoms with Gasteiger partial charge in [0, 0.05) is 41.6 Å². The van der Waals surface area contributed by atoms with Gasteiger partial charge >= 0.3 is 5.97 Å². The van der Waals surface area contributed by atoms with Crippen LogP contribution in [0.3, 0.4) is 0 Å². The molecule has 0 amide bonds. The highest BCUT2D eigenvalue weighted by Crippen LogP contribution is 2.45. The molecule has 2 heterocycles. The molecule has 1 fully saturated rings. The van der Waals surface area contributed by atoms with Gasteiger partial charge in [0.1, 0.15) is 6.10 Å². The zero-order chi connectivity index (χ0) is 20.2. The quantitative estimate of drug-likeness (QED) is 0.820. The fourth-order valence-corrected chi connectivity index (χ4v) is 5.05. The van der Waals surface area contributed by atoms with E-state index >= 15 is 0 Å². The van der Waals surface area contributed by atoms with E-state index in [1.54, 1.807) is 13.8 Å². The van der Waals surface area contributed by atoms with E-state index in [0.29, 0.717) is 24.5 Å². The molecule has 152 valence electrons. The van der Waals surface area contributed by atoms with Gasteiger partial charge in [0.2, 0.25) is 0 Å². The number of rotatable bonds is 4. The number of fused-ring (bicyclic) bond motifs is 2. The second kappa shape index (κ2) is 7.20. The second-order valence-corrected chi connectivity index (χ2v) is 9.03. The van der Waals surface area contributed by atoms with Crippen LogP contribution in [0.25, 0.3) is 10.9 Å². The summed E-state index contributed by atoms with van der Waals surface area (Å²) in [5.41, 5.74) is 4.10. The summed E-state index contributed by atoms with van der Waals surface area (Å²) in [4.78, 5) is 15.1. The lowest BCUT2D eigenvalue weighted by Crippen LogP contribution is -2.50. The minimum atomic E-state index is -0.653. The highest BCUT2D eigenvalue weighted by Gasteiger charge is 2.42. The first-order chi connectivity index (χ1) is 13.3. The van der Waals surface area contributed by atoms with E-state index in [9.17, 15) is 9.90 Å². The molecule has 1 aromatic carbocycles. The first kappa shape index (κ1) is 19.5. The van der Waals surface area contributed by atoms with Crippen LogP contribution in [0.2, 0.25) is 0 Å². The molecule has 0 bridgehead atoms. The number of likely N-dealkylation sites (N-methyl/N-ethyl adjacent to an activating group) is 1. The van der Waals surface area contributed by atoms with E-state index in [1.165, 1.54) is 22.0 Å². The Hall–Kier alpha value is -1.85. The lowest BCUT2D eigenvalue weighted by molar-refractivity contribution is -0.160. The molecule has 2 aromatic rings. The van der Waals surface area contributed by atoms with Crippen molar-refractivity contribution in [3.8, 4) is 0 Å². The maximum atomic E-state index is 12.8. The van der Waals surface area contributed by atoms with Crippen LogP contribution in [0.4, 0.5) is 0 Å². The number of ether oxygens (including phenoxy) is 1. The van der Waals surface area contributed by atoms with Crippen molar-refractivity contribution in [2.75, 3.05) is 13.6 Å². The first-order valence-electron chi connectivity index (χ1n) is 10.5. The minimum absolute atomic E-state index is 0.156. The molecule has 28 heavy (non-hydrogen) atoms. The molecule has 2 aliphatic rings. The number of esters is 1. The molecule has 1 aliphatic heterocycles. The third kappa shape index (κ3) is 3.15. The molecule has 0 radical (unpaired) electrons. The smallest absolute Gasteiger partial charge is 0.310 e. The van der Waals surface area contributed by atoms with E-state index in [2.05, 4.69) is 54.8 Å². The average molecular weight is 385 g/mol. The average Bonchev–Trinajstić information content (AvgIpc) is 3.02. The van der Waals surface area contributed by atoms with Crippen molar-refractivity contribution in [1.29, 1.82) is 0 Å². The maximum absolute atomic E-state index is 12.8. The summed E-state index contributed by atoms with van der Waals surface area (Å²) in [6.45, 7) is 8.57. The minimum Gasteiger partial charge on any atom is -0.460 e. The van der Waals surface area contributed by atoms with Crippen molar-refractivity contribution in [3.05, 3.63) is 35.5 Å². The Bertz CT molecular complexity index is 885. The zero-order valence-electron chi connectivity index (χ0n) is 17.6. The summed E-state index contributed by atoms with van der Waals surface area (Å²) in [6, 6.07) is 7.45. The SMILES string of the molecule is CC(O)C(C)OC(=O)C1CC2c3cccc4c3c(cn4C(C)C)C[C@H]2N(C)C1. The van der Waals surface area contributed by atoms with Gasteiger partial charge in [-0.15, -0.1) is 0 Å². The summed E-state index contributed by atoms with van der Waals surface area (Å²) >= 11 is 0. The molecule has 5 heteroatoms. The zero-order valence-corrected chi connectivity index (χ0v) is 17.6. The number of hydrogen-bond acceptors (Lipinski definition) is 4. The van der Waals surface area contributed by atoms with Gasteiger partial charge in [0.15, 0.2) is 0 Å². The van der Waals surface area contributed by atoms with Gasteiger partial charge in [-0.3, -0.25) is 4.79 Å². The van der Waals surface area contributed by atoms with Crippen LogP contribution in [0.15, 0.2) is 24.4 Å². The molecule has 4 unspecified atom stereocenters. The largest absolute Gasteiger partial charge is 0.460 e. The Morgan fingerprint density at radius 2 is 2.00 bits per heavy atom. The van der Waals surface area contributed by atoms with Crippen LogP contribution < -0.4 is 0 Å². The topological polar surface area (TPSA) is 54.7 Å². The van der Waals surface area contributed by atoms with Crippen LogP contribution >= 0.6 is 0 Å². The number of carbonyl (C=O) groups excluding carboxylic acids is 1. The highest BCUT2D eigenvalue weighted by atomic mass is 16.6. The van der Waals surface area contributed by atoms with E-state index in [4.69, 9.17) is 4.74 Å². The fourth-order valence-electron chi connectivity index (χ4n) is 5.05. The van der Waals surface area contributed by atoms with Crippen LogP contribution in [-0.2, 0) is 16.0 Å². The Balaban J connectivity index is 1.67. The van der Waals surface area contributed by atoms with Crippen LogP contribution in [0.5, 0.6) is 0 Å². The number of aliphatic hydroxyl groups excluding tert-OH is 1. The van der Waals surface area contributed by atoms with E-state index in [-0.39, 0.29) is 11.9 Å². The van der Waals surface area contributed by atoms with E-state index < -0.39 is 12.2 Å². The molecular weight excluding hydrogens is 352 g/mol. The fraction of sp³-hybridized carbons (Fsp3) is 0.609. The summed E-state index contributed by atoms with van der Waals surface area (Å²) in [7, 11) is 2.12. The predicted octanol–water partition coefficient (Wildman–Crippen LogP) is 3.49. The van der Waals surface area contributed by atoms with Crippen molar-refractivity contribution in [2.24, 2.45) is 5.92 Å². The van der Waals surface area contributed by atoms with Crippen molar-refractivity contribution in [1.82, 2.24) is 9.47 Å². The molecule has 1 aromatic heterocycles. The molecular formula is C23H32N2O3. The number of hydrogen-bond donors (Lipinski definition) is 1. The van der Waals surface area contributed by atoms with Gasteiger partial charge in [-0.05, 0) is 64.8 Å². The lowest BCUT2D eigenvalue weighted by atomic mass is 9.72. The molecule has 1 aliphatic carbocycles. The van der Waals surface area contributed by atoms with Gasteiger partial charge in [0.25, 0.3) is 0 Å². The highest BCUT2D eigenvalue weighted by molar-refractivity contribution is 5.89. The van der Waals surface area contributed by atoms with Gasteiger partial charge in [-0.25, -0.2) is 0 Å². The number of aliphatic hydroxyl groups is 1. The number of aromatic nitrogens is 1. The second-order valence-electron chi connectivity index (χ2n) is 9.03. The Morgan fingerprint density at radius 1 is 1.25 bits per heavy atom. The van der Waals surface area contributed by atoms with Gasteiger partial charge < -0.3 is 19.3 Å². The van der Waals surface area contributed by atoms with Crippen LogP contribution in [0.1, 0.15) is 57.2 Å². The van der Waals surface area contributed by atoms with Crippen molar-refractivity contribution < 1.29 is 14.6 Å². The summed E-state index contributed by atoms with van der Waals surface area (Å²) in [6.07, 6.45) is 3.04. The summed E-state index contributed by atoms with van der Waals surface area (Å²) in [5, 5.41) is 11.1. The van der Waals surface area contributed by atoms with Crippen molar-refractivity contribution >= 4 is 16.9 Å². The predicted molar refractivity (Wildman–Crippen MR) is 111 cm³/mol. The third-order valence-electron chi connectivity index (χ3n) is 6.75. The Labute approximate surface area is 167 Å².